The SMILES string of the molecule is COc1c(C)cccc1C(=O)Nc1ccc2oc(-c3cc(Cl)ccc3Cl)nc2c1. The zero-order chi connectivity index (χ0) is 20.5. The number of anilines is 1. The van der Waals surface area contributed by atoms with Gasteiger partial charge in [0, 0.05) is 10.7 Å². The molecule has 0 aliphatic rings. The smallest absolute Gasteiger partial charge is 0.259 e. The molecule has 3 aromatic carbocycles. The van der Waals surface area contributed by atoms with Crippen LogP contribution in [0.1, 0.15) is 15.9 Å². The van der Waals surface area contributed by atoms with Crippen molar-refractivity contribution in [2.45, 2.75) is 6.92 Å². The Morgan fingerprint density at radius 2 is 1.93 bits per heavy atom. The minimum Gasteiger partial charge on any atom is -0.496 e. The number of nitrogens with zero attached hydrogens (tertiary/aromatic N) is 1. The Labute approximate surface area is 177 Å². The molecular formula is C22H16Cl2N2O3. The summed E-state index contributed by atoms with van der Waals surface area (Å²) in [5, 5.41) is 3.90. The van der Waals surface area contributed by atoms with Crippen molar-refractivity contribution in [3.05, 3.63) is 75.8 Å². The van der Waals surface area contributed by atoms with Crippen molar-refractivity contribution in [3.63, 3.8) is 0 Å². The van der Waals surface area contributed by atoms with Gasteiger partial charge in [0.05, 0.1) is 23.3 Å². The Morgan fingerprint density at radius 1 is 1.10 bits per heavy atom. The topological polar surface area (TPSA) is 64.4 Å². The molecule has 1 aromatic heterocycles. The summed E-state index contributed by atoms with van der Waals surface area (Å²) in [6, 6.07) is 15.7. The Bertz CT molecular complexity index is 1230. The largest absolute Gasteiger partial charge is 0.496 e. The number of amides is 1. The Morgan fingerprint density at radius 3 is 2.72 bits per heavy atom. The number of hydrogen-bond acceptors (Lipinski definition) is 4. The summed E-state index contributed by atoms with van der Waals surface area (Å²) < 4.78 is 11.2. The van der Waals surface area contributed by atoms with Crippen LogP contribution in [0, 0.1) is 6.92 Å². The second-order valence-corrected chi connectivity index (χ2v) is 7.28. The standard InChI is InChI=1S/C22H16Cl2N2O3/c1-12-4-3-5-15(20(12)28-2)21(27)25-14-7-9-19-18(11-14)26-22(29-19)16-10-13(23)6-8-17(16)24/h3-11H,1-2H3,(H,25,27). The lowest BCUT2D eigenvalue weighted by atomic mass is 10.1. The maximum Gasteiger partial charge on any atom is 0.259 e. The van der Waals surface area contributed by atoms with E-state index in [-0.39, 0.29) is 5.91 Å². The van der Waals surface area contributed by atoms with Gasteiger partial charge in [-0.15, -0.1) is 0 Å². The maximum atomic E-state index is 12.7. The minimum atomic E-state index is -0.272. The van der Waals surface area contributed by atoms with Crippen LogP contribution in [-0.2, 0) is 0 Å². The van der Waals surface area contributed by atoms with Crippen LogP contribution in [0.2, 0.25) is 10.0 Å². The summed E-state index contributed by atoms with van der Waals surface area (Å²) in [6.07, 6.45) is 0. The number of carbonyl (C=O) groups is 1. The highest BCUT2D eigenvalue weighted by Crippen LogP contribution is 2.33. The molecule has 1 amide bonds. The van der Waals surface area contributed by atoms with Crippen LogP contribution < -0.4 is 10.1 Å². The molecule has 146 valence electrons. The molecule has 0 aliphatic heterocycles. The number of hydrogen-bond donors (Lipinski definition) is 1. The first-order chi connectivity index (χ1) is 14.0. The lowest BCUT2D eigenvalue weighted by Crippen LogP contribution is -2.13. The van der Waals surface area contributed by atoms with E-state index >= 15 is 0 Å². The van der Waals surface area contributed by atoms with Gasteiger partial charge in [-0.2, -0.15) is 0 Å². The predicted molar refractivity (Wildman–Crippen MR) is 115 cm³/mol. The van der Waals surface area contributed by atoms with E-state index in [4.69, 9.17) is 32.4 Å². The fourth-order valence-electron chi connectivity index (χ4n) is 3.08. The average Bonchev–Trinajstić information content (AvgIpc) is 3.12. The summed E-state index contributed by atoms with van der Waals surface area (Å²) in [5.41, 5.74) is 3.69. The van der Waals surface area contributed by atoms with Gasteiger partial charge in [-0.1, -0.05) is 35.3 Å². The number of aryl methyl sites for hydroxylation is 1. The summed E-state index contributed by atoms with van der Waals surface area (Å²) in [7, 11) is 1.54. The number of aromatic nitrogens is 1. The molecule has 29 heavy (non-hydrogen) atoms. The lowest BCUT2D eigenvalue weighted by molar-refractivity contribution is 0.102. The first kappa shape index (κ1) is 19.3. The molecule has 0 unspecified atom stereocenters. The van der Waals surface area contributed by atoms with Crippen molar-refractivity contribution in [3.8, 4) is 17.2 Å². The number of methoxy groups -OCH3 is 1. The summed E-state index contributed by atoms with van der Waals surface area (Å²) in [5.74, 6) is 0.633. The van der Waals surface area contributed by atoms with Gasteiger partial charge < -0.3 is 14.5 Å². The van der Waals surface area contributed by atoms with E-state index in [9.17, 15) is 4.79 Å². The molecule has 4 aromatic rings. The van der Waals surface area contributed by atoms with Crippen molar-refractivity contribution in [2.75, 3.05) is 12.4 Å². The molecule has 5 nitrogen and oxygen atoms in total. The summed E-state index contributed by atoms with van der Waals surface area (Å²) in [6.45, 7) is 1.89. The van der Waals surface area contributed by atoms with Crippen LogP contribution >= 0.6 is 23.2 Å². The Kier molecular flexibility index (Phi) is 5.18. The van der Waals surface area contributed by atoms with E-state index in [2.05, 4.69) is 10.3 Å². The third kappa shape index (κ3) is 3.79. The quantitative estimate of drug-likeness (QED) is 0.411. The van der Waals surface area contributed by atoms with E-state index in [0.29, 0.717) is 49.6 Å². The van der Waals surface area contributed by atoms with Crippen molar-refractivity contribution >= 4 is 45.9 Å². The monoisotopic (exact) mass is 426 g/mol. The Hall–Kier alpha value is -3.02. The van der Waals surface area contributed by atoms with Crippen molar-refractivity contribution in [2.24, 2.45) is 0 Å². The molecule has 0 spiro atoms. The lowest BCUT2D eigenvalue weighted by Gasteiger charge is -2.11. The second-order valence-electron chi connectivity index (χ2n) is 6.44. The highest BCUT2D eigenvalue weighted by Gasteiger charge is 2.16. The number of nitrogens with one attached hydrogen (secondary N) is 1. The number of rotatable bonds is 4. The molecule has 0 saturated carbocycles. The van der Waals surface area contributed by atoms with Crippen LogP contribution in [0.25, 0.3) is 22.6 Å². The molecule has 0 bridgehead atoms. The molecule has 0 aliphatic carbocycles. The van der Waals surface area contributed by atoms with E-state index in [1.54, 1.807) is 49.6 Å². The van der Waals surface area contributed by atoms with Gasteiger partial charge in [0.2, 0.25) is 5.89 Å². The fraction of sp³-hybridized carbons (Fsp3) is 0.0909. The van der Waals surface area contributed by atoms with E-state index in [1.807, 2.05) is 19.1 Å². The Balaban J connectivity index is 1.66. The maximum absolute atomic E-state index is 12.7. The number of carbonyl (C=O) groups excluding carboxylic acids is 1. The number of ether oxygens (including phenoxy) is 1. The molecule has 1 heterocycles. The highest BCUT2D eigenvalue weighted by molar-refractivity contribution is 6.35. The average molecular weight is 427 g/mol. The van der Waals surface area contributed by atoms with Crippen molar-refractivity contribution in [1.82, 2.24) is 4.98 Å². The molecular weight excluding hydrogens is 411 g/mol. The van der Waals surface area contributed by atoms with Crippen LogP contribution in [0.5, 0.6) is 5.75 Å². The van der Waals surface area contributed by atoms with Crippen LogP contribution in [0.4, 0.5) is 5.69 Å². The molecule has 0 atom stereocenters. The van der Waals surface area contributed by atoms with Gasteiger partial charge in [0.1, 0.15) is 11.3 Å². The number of oxazole rings is 1. The van der Waals surface area contributed by atoms with Crippen LogP contribution in [0.15, 0.2) is 59.0 Å². The number of para-hydroxylation sites is 1. The molecule has 0 radical (unpaired) electrons. The van der Waals surface area contributed by atoms with E-state index in [0.717, 1.165) is 5.56 Å². The minimum absolute atomic E-state index is 0.272. The van der Waals surface area contributed by atoms with E-state index in [1.165, 1.54) is 0 Å². The van der Waals surface area contributed by atoms with Crippen molar-refractivity contribution < 1.29 is 13.9 Å². The number of benzene rings is 3. The number of halogens is 2. The molecule has 4 rings (SSSR count). The summed E-state index contributed by atoms with van der Waals surface area (Å²) >= 11 is 12.3. The van der Waals surface area contributed by atoms with Crippen LogP contribution in [-0.4, -0.2) is 18.0 Å². The van der Waals surface area contributed by atoms with Gasteiger partial charge >= 0.3 is 0 Å². The van der Waals surface area contributed by atoms with Gasteiger partial charge in [0.15, 0.2) is 5.58 Å². The first-order valence-electron chi connectivity index (χ1n) is 8.77. The molecule has 1 N–H and O–H groups in total. The predicted octanol–water partition coefficient (Wildman–Crippen LogP) is 6.37. The number of fused-ring (bicyclic) bond motifs is 1. The fourth-order valence-corrected chi connectivity index (χ4v) is 3.45. The van der Waals surface area contributed by atoms with Crippen molar-refractivity contribution in [1.29, 1.82) is 0 Å². The normalized spacial score (nSPS) is 10.9. The third-order valence-electron chi connectivity index (χ3n) is 4.46. The molecule has 0 saturated heterocycles. The van der Waals surface area contributed by atoms with E-state index < -0.39 is 0 Å². The van der Waals surface area contributed by atoms with Gasteiger partial charge in [-0.05, 0) is 55.0 Å². The third-order valence-corrected chi connectivity index (χ3v) is 5.03. The summed E-state index contributed by atoms with van der Waals surface area (Å²) in [4.78, 5) is 17.2. The zero-order valence-corrected chi connectivity index (χ0v) is 17.1. The molecule has 0 fully saturated rings. The van der Waals surface area contributed by atoms with Gasteiger partial charge in [-0.3, -0.25) is 4.79 Å². The second kappa shape index (κ2) is 7.78. The highest BCUT2D eigenvalue weighted by atomic mass is 35.5. The van der Waals surface area contributed by atoms with Crippen LogP contribution in [0.3, 0.4) is 0 Å². The first-order valence-corrected chi connectivity index (χ1v) is 9.53. The van der Waals surface area contributed by atoms with Gasteiger partial charge in [0.25, 0.3) is 5.91 Å². The zero-order valence-electron chi connectivity index (χ0n) is 15.6. The molecule has 7 heteroatoms. The van der Waals surface area contributed by atoms with Gasteiger partial charge in [-0.25, -0.2) is 4.98 Å².